The maximum atomic E-state index is 12.5. The van der Waals surface area contributed by atoms with Gasteiger partial charge >= 0.3 is 0 Å². The third-order valence-electron chi connectivity index (χ3n) is 4.26. The molecule has 1 fully saturated rings. The fourth-order valence-electron chi connectivity index (χ4n) is 2.73. The summed E-state index contributed by atoms with van der Waals surface area (Å²) in [6.45, 7) is 5.25. The summed E-state index contributed by atoms with van der Waals surface area (Å²) in [6.07, 6.45) is 0.969. The van der Waals surface area contributed by atoms with E-state index in [1.807, 2.05) is 38.1 Å². The number of hydrogen-bond acceptors (Lipinski definition) is 3. The van der Waals surface area contributed by atoms with Crippen LogP contribution >= 0.6 is 0 Å². The molecule has 1 aliphatic heterocycles. The minimum Gasteiger partial charge on any atom is -0.383 e. The second kappa shape index (κ2) is 6.92. The molecule has 0 spiro atoms. The molecular weight excluding hydrogens is 280 g/mol. The Kier molecular flexibility index (Phi) is 5.19. The van der Waals surface area contributed by atoms with Crippen LogP contribution in [0.15, 0.2) is 24.3 Å². The van der Waals surface area contributed by atoms with Gasteiger partial charge in [0.2, 0.25) is 11.8 Å². The molecule has 1 aromatic rings. The van der Waals surface area contributed by atoms with Gasteiger partial charge in [-0.05, 0) is 25.8 Å². The third kappa shape index (κ3) is 3.47. The van der Waals surface area contributed by atoms with Crippen molar-refractivity contribution in [2.24, 2.45) is 0 Å². The van der Waals surface area contributed by atoms with Crippen molar-refractivity contribution in [2.45, 2.75) is 38.8 Å². The van der Waals surface area contributed by atoms with Crippen molar-refractivity contribution in [3.05, 3.63) is 35.4 Å². The molecule has 1 aromatic carbocycles. The molecule has 0 radical (unpaired) electrons. The summed E-state index contributed by atoms with van der Waals surface area (Å²) in [4.78, 5) is 26.4. The van der Waals surface area contributed by atoms with E-state index in [9.17, 15) is 9.59 Å². The molecule has 0 saturated carbocycles. The molecule has 5 nitrogen and oxygen atoms in total. The first-order valence-corrected chi connectivity index (χ1v) is 7.60. The molecular formula is C17H24N2O3. The van der Waals surface area contributed by atoms with Crippen molar-refractivity contribution in [2.75, 3.05) is 20.3 Å². The minimum atomic E-state index is -0.782. The van der Waals surface area contributed by atoms with Gasteiger partial charge in [-0.3, -0.25) is 9.59 Å². The monoisotopic (exact) mass is 304 g/mol. The molecule has 1 atom stereocenters. The minimum absolute atomic E-state index is 0.0324. The number of aryl methyl sites for hydroxylation is 1. The molecule has 1 heterocycles. The highest BCUT2D eigenvalue weighted by Crippen LogP contribution is 2.31. The summed E-state index contributed by atoms with van der Waals surface area (Å²) in [7, 11) is 1.59. The van der Waals surface area contributed by atoms with Gasteiger partial charge in [0.15, 0.2) is 0 Å². The van der Waals surface area contributed by atoms with E-state index in [0.29, 0.717) is 32.5 Å². The molecule has 1 N–H and O–H groups in total. The Morgan fingerprint density at radius 1 is 1.36 bits per heavy atom. The first-order valence-electron chi connectivity index (χ1n) is 7.60. The average molecular weight is 304 g/mol. The second-order valence-electron chi connectivity index (χ2n) is 5.99. The van der Waals surface area contributed by atoms with Gasteiger partial charge in [-0.15, -0.1) is 0 Å². The van der Waals surface area contributed by atoms with Crippen LogP contribution in [-0.2, 0) is 20.9 Å². The zero-order valence-corrected chi connectivity index (χ0v) is 13.5. The highest BCUT2D eigenvalue weighted by Gasteiger charge is 2.46. The molecule has 0 aromatic heterocycles. The van der Waals surface area contributed by atoms with Crippen LogP contribution in [0.2, 0.25) is 0 Å². The molecule has 2 amide bonds. The molecule has 1 unspecified atom stereocenters. The molecule has 0 aliphatic carbocycles. The lowest BCUT2D eigenvalue weighted by atomic mass is 9.97. The summed E-state index contributed by atoms with van der Waals surface area (Å²) in [5, 5.41) is 2.85. The van der Waals surface area contributed by atoms with Crippen LogP contribution in [0.25, 0.3) is 0 Å². The van der Waals surface area contributed by atoms with E-state index in [2.05, 4.69) is 5.32 Å². The second-order valence-corrected chi connectivity index (χ2v) is 5.99. The number of benzene rings is 1. The normalized spacial score (nSPS) is 21.2. The van der Waals surface area contributed by atoms with Gasteiger partial charge < -0.3 is 15.0 Å². The average Bonchev–Trinajstić information content (AvgIpc) is 2.79. The number of methoxy groups -OCH3 is 1. The zero-order chi connectivity index (χ0) is 16.2. The lowest BCUT2D eigenvalue weighted by Gasteiger charge is -2.34. The summed E-state index contributed by atoms with van der Waals surface area (Å²) in [5.74, 6) is -0.0764. The summed E-state index contributed by atoms with van der Waals surface area (Å²) in [5.41, 5.74) is 1.43. The van der Waals surface area contributed by atoms with Gasteiger partial charge in [0.05, 0.1) is 6.61 Å². The number of amides is 2. The lowest BCUT2D eigenvalue weighted by molar-refractivity contribution is -0.141. The number of hydrogen-bond donors (Lipinski definition) is 1. The smallest absolute Gasteiger partial charge is 0.245 e. The van der Waals surface area contributed by atoms with Gasteiger partial charge in [-0.25, -0.2) is 0 Å². The standard InChI is InChI=1S/C17H24N2O3/c1-13-4-6-14(7-5-13)12-19-15(20)8-9-17(19,2)16(21)18-10-11-22-3/h4-7H,8-12H2,1-3H3,(H,18,21). The van der Waals surface area contributed by atoms with E-state index in [1.54, 1.807) is 12.0 Å². The highest BCUT2D eigenvalue weighted by atomic mass is 16.5. The number of likely N-dealkylation sites (tertiary alicyclic amines) is 1. The quantitative estimate of drug-likeness (QED) is 0.813. The molecule has 1 aliphatic rings. The molecule has 120 valence electrons. The Morgan fingerprint density at radius 2 is 2.05 bits per heavy atom. The van der Waals surface area contributed by atoms with Gasteiger partial charge in [0.1, 0.15) is 5.54 Å². The van der Waals surface area contributed by atoms with Crippen LogP contribution in [-0.4, -0.2) is 42.5 Å². The maximum absolute atomic E-state index is 12.5. The van der Waals surface area contributed by atoms with Crippen LogP contribution in [0.1, 0.15) is 30.9 Å². The van der Waals surface area contributed by atoms with Crippen LogP contribution in [0.5, 0.6) is 0 Å². The Morgan fingerprint density at radius 3 is 2.68 bits per heavy atom. The van der Waals surface area contributed by atoms with Crippen molar-refractivity contribution in [3.63, 3.8) is 0 Å². The number of ether oxygens (including phenoxy) is 1. The fourth-order valence-corrected chi connectivity index (χ4v) is 2.73. The van der Waals surface area contributed by atoms with Gasteiger partial charge in [0, 0.05) is 26.6 Å². The summed E-state index contributed by atoms with van der Waals surface area (Å²) < 4.78 is 4.95. The van der Waals surface area contributed by atoms with E-state index in [0.717, 1.165) is 5.56 Å². The number of carbonyl (C=O) groups is 2. The van der Waals surface area contributed by atoms with E-state index in [-0.39, 0.29) is 11.8 Å². The maximum Gasteiger partial charge on any atom is 0.245 e. The Labute approximate surface area is 131 Å². The van der Waals surface area contributed by atoms with Crippen LogP contribution in [0, 0.1) is 6.92 Å². The van der Waals surface area contributed by atoms with Crippen molar-refractivity contribution >= 4 is 11.8 Å². The number of nitrogens with zero attached hydrogens (tertiary/aromatic N) is 1. The largest absolute Gasteiger partial charge is 0.383 e. The Balaban J connectivity index is 2.10. The van der Waals surface area contributed by atoms with Crippen LogP contribution < -0.4 is 5.32 Å². The van der Waals surface area contributed by atoms with Crippen molar-refractivity contribution in [3.8, 4) is 0 Å². The Hall–Kier alpha value is -1.88. The molecule has 2 rings (SSSR count). The van der Waals surface area contributed by atoms with Crippen LogP contribution in [0.3, 0.4) is 0 Å². The Bertz CT molecular complexity index is 541. The van der Waals surface area contributed by atoms with Gasteiger partial charge in [-0.2, -0.15) is 0 Å². The first-order chi connectivity index (χ1) is 10.5. The van der Waals surface area contributed by atoms with Crippen LogP contribution in [0.4, 0.5) is 0 Å². The topological polar surface area (TPSA) is 58.6 Å². The van der Waals surface area contributed by atoms with Crippen molar-refractivity contribution in [1.29, 1.82) is 0 Å². The first kappa shape index (κ1) is 16.5. The predicted molar refractivity (Wildman–Crippen MR) is 84.3 cm³/mol. The van der Waals surface area contributed by atoms with Crippen molar-refractivity contribution in [1.82, 2.24) is 10.2 Å². The number of carbonyl (C=O) groups excluding carboxylic acids is 2. The molecule has 1 saturated heterocycles. The molecule has 22 heavy (non-hydrogen) atoms. The summed E-state index contributed by atoms with van der Waals surface area (Å²) >= 11 is 0. The number of rotatable bonds is 6. The predicted octanol–water partition coefficient (Wildman–Crippen LogP) is 1.64. The van der Waals surface area contributed by atoms with E-state index in [1.165, 1.54) is 5.56 Å². The van der Waals surface area contributed by atoms with Gasteiger partial charge in [-0.1, -0.05) is 29.8 Å². The van der Waals surface area contributed by atoms with Gasteiger partial charge in [0.25, 0.3) is 0 Å². The van der Waals surface area contributed by atoms with E-state index >= 15 is 0 Å². The SMILES string of the molecule is COCCNC(=O)C1(C)CCC(=O)N1Cc1ccc(C)cc1. The van der Waals surface area contributed by atoms with E-state index in [4.69, 9.17) is 4.74 Å². The number of nitrogens with one attached hydrogen (secondary N) is 1. The zero-order valence-electron chi connectivity index (χ0n) is 13.5. The lowest BCUT2D eigenvalue weighted by Crippen LogP contribution is -2.54. The molecule has 0 bridgehead atoms. The van der Waals surface area contributed by atoms with E-state index < -0.39 is 5.54 Å². The third-order valence-corrected chi connectivity index (χ3v) is 4.26. The molecule has 5 heteroatoms. The summed E-state index contributed by atoms with van der Waals surface area (Å²) in [6, 6.07) is 8.05. The highest BCUT2D eigenvalue weighted by molar-refractivity contribution is 5.94. The van der Waals surface area contributed by atoms with Crippen molar-refractivity contribution < 1.29 is 14.3 Å². The fraction of sp³-hybridized carbons (Fsp3) is 0.529.